The largest absolute Gasteiger partial charge is 0.334 e. The molecule has 98 valence electrons. The van der Waals surface area contributed by atoms with Gasteiger partial charge in [0, 0.05) is 26.4 Å². The minimum Gasteiger partial charge on any atom is -0.334 e. The fraction of sp³-hybridized carbons (Fsp3) is 0.357. The van der Waals surface area contributed by atoms with E-state index in [1.807, 2.05) is 18.2 Å². The topological polar surface area (TPSA) is 51.0 Å². The number of hydrogen-bond acceptors (Lipinski definition) is 3. The van der Waals surface area contributed by atoms with Crippen LogP contribution in [0.3, 0.4) is 0 Å². The second-order valence-corrected chi connectivity index (χ2v) is 4.79. The molecule has 19 heavy (non-hydrogen) atoms. The van der Waals surface area contributed by atoms with Crippen molar-refractivity contribution in [3.8, 4) is 0 Å². The summed E-state index contributed by atoms with van der Waals surface area (Å²) in [5.74, 6) is 1.95. The molecule has 0 N–H and O–H groups in total. The van der Waals surface area contributed by atoms with Gasteiger partial charge in [0.2, 0.25) is 5.91 Å². The lowest BCUT2D eigenvalue weighted by molar-refractivity contribution is -0.130. The molecule has 1 aliphatic heterocycles. The molecule has 1 aromatic carbocycles. The van der Waals surface area contributed by atoms with Gasteiger partial charge in [-0.1, -0.05) is 30.3 Å². The van der Waals surface area contributed by atoms with Gasteiger partial charge in [-0.2, -0.15) is 0 Å². The van der Waals surface area contributed by atoms with Gasteiger partial charge in [0.15, 0.2) is 5.82 Å². The molecular formula is C14H16N4O. The Labute approximate surface area is 111 Å². The first-order chi connectivity index (χ1) is 9.24. The van der Waals surface area contributed by atoms with Gasteiger partial charge in [0.1, 0.15) is 5.82 Å². The van der Waals surface area contributed by atoms with E-state index in [0.717, 1.165) is 31.2 Å². The van der Waals surface area contributed by atoms with Crippen LogP contribution in [-0.4, -0.2) is 32.1 Å². The molecular weight excluding hydrogens is 240 g/mol. The van der Waals surface area contributed by atoms with E-state index in [9.17, 15) is 4.79 Å². The maximum atomic E-state index is 11.4. The zero-order valence-electron chi connectivity index (χ0n) is 10.9. The third-order valence-corrected chi connectivity index (χ3v) is 3.48. The highest BCUT2D eigenvalue weighted by Crippen LogP contribution is 2.15. The van der Waals surface area contributed by atoms with E-state index in [1.54, 1.807) is 11.8 Å². The molecule has 0 bridgehead atoms. The average molecular weight is 256 g/mol. The van der Waals surface area contributed by atoms with E-state index < -0.39 is 0 Å². The zero-order chi connectivity index (χ0) is 13.2. The van der Waals surface area contributed by atoms with E-state index >= 15 is 0 Å². The number of carbonyl (C=O) groups is 1. The monoisotopic (exact) mass is 256 g/mol. The number of hydrogen-bond donors (Lipinski definition) is 0. The summed E-state index contributed by atoms with van der Waals surface area (Å²) < 4.78 is 2.13. The quantitative estimate of drug-likeness (QED) is 0.812. The summed E-state index contributed by atoms with van der Waals surface area (Å²) in [6.45, 7) is 3.68. The Morgan fingerprint density at radius 3 is 2.74 bits per heavy atom. The molecule has 1 aliphatic rings. The molecule has 0 radical (unpaired) electrons. The summed E-state index contributed by atoms with van der Waals surface area (Å²) in [6.07, 6.45) is 0.786. The normalized spacial score (nSPS) is 14.3. The highest BCUT2D eigenvalue weighted by atomic mass is 16.2. The van der Waals surface area contributed by atoms with Crippen molar-refractivity contribution in [1.29, 1.82) is 0 Å². The van der Waals surface area contributed by atoms with Gasteiger partial charge in [0.05, 0.1) is 6.54 Å². The lowest BCUT2D eigenvalue weighted by atomic mass is 10.1. The number of amides is 1. The number of nitrogens with zero attached hydrogens (tertiary/aromatic N) is 4. The molecule has 5 heteroatoms. The number of fused-ring (bicyclic) bond motifs is 1. The summed E-state index contributed by atoms with van der Waals surface area (Å²) >= 11 is 0. The van der Waals surface area contributed by atoms with Crippen molar-refractivity contribution < 1.29 is 4.79 Å². The molecule has 1 amide bonds. The van der Waals surface area contributed by atoms with Crippen molar-refractivity contribution in [3.05, 3.63) is 47.5 Å². The van der Waals surface area contributed by atoms with Crippen LogP contribution in [0.1, 0.15) is 24.1 Å². The third-order valence-electron chi connectivity index (χ3n) is 3.48. The Balaban J connectivity index is 1.81. The predicted octanol–water partition coefficient (Wildman–Crippen LogP) is 1.23. The minimum absolute atomic E-state index is 0.0962. The van der Waals surface area contributed by atoms with Crippen LogP contribution in [0, 0.1) is 0 Å². The zero-order valence-corrected chi connectivity index (χ0v) is 10.9. The molecule has 0 aliphatic carbocycles. The first-order valence-electron chi connectivity index (χ1n) is 6.44. The molecule has 3 rings (SSSR count). The Morgan fingerprint density at radius 2 is 2.00 bits per heavy atom. The predicted molar refractivity (Wildman–Crippen MR) is 70.4 cm³/mol. The first-order valence-corrected chi connectivity index (χ1v) is 6.44. The molecule has 5 nitrogen and oxygen atoms in total. The van der Waals surface area contributed by atoms with Crippen molar-refractivity contribution in [2.45, 2.75) is 26.4 Å². The highest BCUT2D eigenvalue weighted by Gasteiger charge is 2.22. The van der Waals surface area contributed by atoms with Crippen LogP contribution < -0.4 is 0 Å². The summed E-state index contributed by atoms with van der Waals surface area (Å²) in [6, 6.07) is 10.2. The van der Waals surface area contributed by atoms with Gasteiger partial charge in [-0.15, -0.1) is 10.2 Å². The van der Waals surface area contributed by atoms with E-state index in [2.05, 4.69) is 26.9 Å². The van der Waals surface area contributed by atoms with Gasteiger partial charge in [-0.25, -0.2) is 0 Å². The highest BCUT2D eigenvalue weighted by molar-refractivity contribution is 5.73. The Hall–Kier alpha value is -2.17. The van der Waals surface area contributed by atoms with Crippen molar-refractivity contribution in [1.82, 2.24) is 19.7 Å². The number of carbonyl (C=O) groups excluding carboxylic acids is 1. The third kappa shape index (κ3) is 2.36. The van der Waals surface area contributed by atoms with Gasteiger partial charge >= 0.3 is 0 Å². The van der Waals surface area contributed by atoms with Crippen LogP contribution in [0.5, 0.6) is 0 Å². The molecule has 0 unspecified atom stereocenters. The van der Waals surface area contributed by atoms with Gasteiger partial charge < -0.3 is 9.47 Å². The van der Waals surface area contributed by atoms with Gasteiger partial charge in [-0.3, -0.25) is 4.79 Å². The number of rotatable bonds is 2. The second-order valence-electron chi connectivity index (χ2n) is 4.79. The fourth-order valence-electron chi connectivity index (χ4n) is 2.40. The van der Waals surface area contributed by atoms with Crippen molar-refractivity contribution in [2.24, 2.45) is 0 Å². The van der Waals surface area contributed by atoms with Crippen LogP contribution in [0.4, 0.5) is 0 Å². The molecule has 0 saturated heterocycles. The summed E-state index contributed by atoms with van der Waals surface area (Å²) in [5.41, 5.74) is 1.23. The first kappa shape index (κ1) is 11.9. The summed E-state index contributed by atoms with van der Waals surface area (Å²) in [7, 11) is 0. The van der Waals surface area contributed by atoms with Crippen LogP contribution in [0.25, 0.3) is 0 Å². The number of benzene rings is 1. The minimum atomic E-state index is 0.0962. The van der Waals surface area contributed by atoms with Crippen molar-refractivity contribution in [2.75, 3.05) is 6.54 Å². The number of aromatic nitrogens is 3. The van der Waals surface area contributed by atoms with Crippen LogP contribution in [-0.2, 0) is 24.3 Å². The lowest BCUT2D eigenvalue weighted by Crippen LogP contribution is -2.37. The standard InChI is InChI=1S/C14H16N4O/c1-11(19)17-7-8-18-13(15-16-14(18)10-17)9-12-5-3-2-4-6-12/h2-6H,7-10H2,1H3. The maximum absolute atomic E-state index is 11.4. The SMILES string of the molecule is CC(=O)N1CCn2c(Cc3ccccc3)nnc2C1. The molecule has 0 spiro atoms. The Morgan fingerprint density at radius 1 is 1.21 bits per heavy atom. The van der Waals surface area contributed by atoms with Gasteiger partial charge in [0.25, 0.3) is 0 Å². The van der Waals surface area contributed by atoms with E-state index in [0.29, 0.717) is 6.54 Å². The van der Waals surface area contributed by atoms with E-state index in [1.165, 1.54) is 5.56 Å². The second kappa shape index (κ2) is 4.84. The van der Waals surface area contributed by atoms with Crippen molar-refractivity contribution >= 4 is 5.91 Å². The fourth-order valence-corrected chi connectivity index (χ4v) is 2.40. The van der Waals surface area contributed by atoms with Gasteiger partial charge in [-0.05, 0) is 5.56 Å². The lowest BCUT2D eigenvalue weighted by Gasteiger charge is -2.26. The smallest absolute Gasteiger partial charge is 0.219 e. The molecule has 2 aromatic rings. The van der Waals surface area contributed by atoms with Crippen molar-refractivity contribution in [3.63, 3.8) is 0 Å². The van der Waals surface area contributed by atoms with Crippen LogP contribution in [0.15, 0.2) is 30.3 Å². The van der Waals surface area contributed by atoms with E-state index in [4.69, 9.17) is 0 Å². The molecule has 2 heterocycles. The summed E-state index contributed by atoms with van der Waals surface area (Å²) in [5, 5.41) is 8.47. The maximum Gasteiger partial charge on any atom is 0.219 e. The molecule has 0 fully saturated rings. The van der Waals surface area contributed by atoms with E-state index in [-0.39, 0.29) is 5.91 Å². The Bertz CT molecular complexity index is 591. The molecule has 0 saturated carbocycles. The Kier molecular flexibility index (Phi) is 3.03. The molecule has 1 aromatic heterocycles. The average Bonchev–Trinajstić information content (AvgIpc) is 2.82. The molecule has 0 atom stereocenters. The van der Waals surface area contributed by atoms with Crippen LogP contribution >= 0.6 is 0 Å². The van der Waals surface area contributed by atoms with Crippen LogP contribution in [0.2, 0.25) is 0 Å². The summed E-state index contributed by atoms with van der Waals surface area (Å²) in [4.78, 5) is 13.2.